The second kappa shape index (κ2) is 11.3. The molecule has 13 nitrogen and oxygen atoms in total. The van der Waals surface area contributed by atoms with Crippen LogP contribution in [0.25, 0.3) is 0 Å². The van der Waals surface area contributed by atoms with Gasteiger partial charge >= 0.3 is 209 Å². The molecule has 0 amide bonds. The average Bonchev–Trinajstić information content (AvgIpc) is 2.93. The number of benzene rings is 2. The van der Waals surface area contributed by atoms with Gasteiger partial charge in [0.15, 0.2) is 0 Å². The summed E-state index contributed by atoms with van der Waals surface area (Å²) >= 11 is 0. The fourth-order valence-corrected chi connectivity index (χ4v) is 13.9. The standard InChI is InChI=1S/C19H11N11O2P4/c20-11-28-33(13-22)27-35(15-24,16-25)30(31-18-7-3-1-4-8-18)36(17-26,29(12-21)34(28)14-23)32-19-9-5-2-6-10-19/h1-10,36H. The van der Waals surface area contributed by atoms with Gasteiger partial charge in [0.2, 0.25) is 0 Å². The van der Waals surface area contributed by atoms with Gasteiger partial charge in [-0.15, -0.1) is 0 Å². The van der Waals surface area contributed by atoms with E-state index in [1.165, 1.54) is 24.3 Å². The van der Waals surface area contributed by atoms with Gasteiger partial charge in [0.05, 0.1) is 0 Å². The predicted molar refractivity (Wildman–Crippen MR) is 130 cm³/mol. The Bertz CT molecular complexity index is 1470. The molecule has 0 saturated carbocycles. The molecule has 2 aromatic rings. The van der Waals surface area contributed by atoms with Crippen LogP contribution in [0.5, 0.6) is 11.5 Å². The van der Waals surface area contributed by atoms with Crippen molar-refractivity contribution in [1.29, 1.82) is 36.8 Å². The van der Waals surface area contributed by atoms with E-state index in [4.69, 9.17) is 9.36 Å². The zero-order valence-electron chi connectivity index (χ0n) is 17.9. The van der Waals surface area contributed by atoms with Crippen LogP contribution in [-0.2, 0) is 0 Å². The zero-order valence-corrected chi connectivity index (χ0v) is 21.5. The van der Waals surface area contributed by atoms with Gasteiger partial charge in [0, 0.05) is 0 Å². The Kier molecular flexibility index (Phi) is 8.22. The maximum atomic E-state index is 10.6. The number of para-hydroxylation sites is 2. The Morgan fingerprint density at radius 1 is 0.778 bits per heavy atom. The van der Waals surface area contributed by atoms with Crippen molar-refractivity contribution in [3.05, 3.63) is 60.7 Å². The molecule has 0 fully saturated rings. The Balaban J connectivity index is 2.49. The van der Waals surface area contributed by atoms with E-state index < -0.39 is 31.4 Å². The Labute approximate surface area is 209 Å². The van der Waals surface area contributed by atoms with Crippen LogP contribution in [0.4, 0.5) is 0 Å². The molecule has 0 aliphatic carbocycles. The molecular weight excluding hydrogens is 538 g/mol. The molecule has 17 heteroatoms. The molecule has 2 aromatic carbocycles. The molecule has 0 spiro atoms. The number of hydrogen-bond acceptors (Lipinski definition) is 13. The number of hydrogen-bond donors (Lipinski definition) is 0. The van der Waals surface area contributed by atoms with Gasteiger partial charge in [-0.3, -0.25) is 0 Å². The summed E-state index contributed by atoms with van der Waals surface area (Å²) in [4.78, 5) is 5.92. The fraction of sp³-hybridized carbons (Fsp3) is 0. The van der Waals surface area contributed by atoms with E-state index in [0.29, 0.717) is 13.5 Å². The van der Waals surface area contributed by atoms with Gasteiger partial charge in [0.1, 0.15) is 0 Å². The quantitative estimate of drug-likeness (QED) is 0.338. The van der Waals surface area contributed by atoms with E-state index in [9.17, 15) is 36.8 Å². The van der Waals surface area contributed by atoms with Crippen molar-refractivity contribution in [2.75, 3.05) is 0 Å². The first-order valence-corrected chi connectivity index (χ1v) is 15.4. The van der Waals surface area contributed by atoms with Gasteiger partial charge in [-0.2, -0.15) is 0 Å². The number of rotatable bonds is 4. The molecule has 0 N–H and O–H groups in total. The van der Waals surface area contributed by atoms with Gasteiger partial charge < -0.3 is 0 Å². The molecule has 3 rings (SSSR count). The summed E-state index contributed by atoms with van der Waals surface area (Å²) in [6, 6.07) is 15.6. The SMILES string of the molecule is N#CN1P(C#N)N=P(C#N)(C#N)N(Oc2ccccc2)[PH](C#N)(Oc2ccccc2)N(C#N)P1C#N. The van der Waals surface area contributed by atoms with Crippen LogP contribution in [0.2, 0.25) is 0 Å². The van der Waals surface area contributed by atoms with Crippen LogP contribution in [0.3, 0.4) is 0 Å². The molecule has 2 unspecified atom stereocenters. The van der Waals surface area contributed by atoms with E-state index in [0.717, 1.165) is 0 Å². The molecular formula is C19H11N11O2P4. The van der Waals surface area contributed by atoms with Crippen LogP contribution >= 0.6 is 31.4 Å². The molecule has 2 atom stereocenters. The summed E-state index contributed by atoms with van der Waals surface area (Å²) in [6.45, 7) is 0. The van der Waals surface area contributed by atoms with Crippen LogP contribution in [-0.4, -0.2) is 13.5 Å². The van der Waals surface area contributed by atoms with Gasteiger partial charge in [-0.1, -0.05) is 0 Å². The normalized spacial score (nSPS) is 20.8. The Morgan fingerprint density at radius 2 is 1.36 bits per heavy atom. The Morgan fingerprint density at radius 3 is 1.81 bits per heavy atom. The minimum atomic E-state index is -4.87. The van der Waals surface area contributed by atoms with Crippen molar-refractivity contribution >= 4 is 31.4 Å². The van der Waals surface area contributed by atoms with Crippen molar-refractivity contribution in [3.8, 4) is 52.9 Å². The molecule has 0 radical (unpaired) electrons. The van der Waals surface area contributed by atoms with Crippen LogP contribution in [0.15, 0.2) is 65.2 Å². The van der Waals surface area contributed by atoms with Crippen molar-refractivity contribution < 1.29 is 9.36 Å². The third-order valence-corrected chi connectivity index (χ3v) is 15.1. The predicted octanol–water partition coefficient (Wildman–Crippen LogP) is 5.58. The first kappa shape index (κ1) is 26.2. The first-order chi connectivity index (χ1) is 17.5. The average molecular weight is 549 g/mol. The Hall–Kier alpha value is -4.45. The van der Waals surface area contributed by atoms with E-state index in [1.54, 1.807) is 72.0 Å². The molecule has 0 aromatic heterocycles. The zero-order chi connectivity index (χ0) is 26.2. The minimum absolute atomic E-state index is 0.0705. The van der Waals surface area contributed by atoms with E-state index >= 15 is 0 Å². The maximum absolute atomic E-state index is 10.6. The first-order valence-electron chi connectivity index (χ1n) is 9.42. The van der Waals surface area contributed by atoms with Crippen molar-refractivity contribution in [2.24, 2.45) is 4.52 Å². The van der Waals surface area contributed by atoms with Crippen LogP contribution in [0.1, 0.15) is 0 Å². The molecule has 0 bridgehead atoms. The van der Waals surface area contributed by atoms with Crippen molar-refractivity contribution in [1.82, 2.24) is 13.5 Å². The summed E-state index contributed by atoms with van der Waals surface area (Å²) in [5.41, 5.74) is 0. The van der Waals surface area contributed by atoms with Gasteiger partial charge in [-0.05, 0) is 0 Å². The van der Waals surface area contributed by atoms with Gasteiger partial charge in [0.25, 0.3) is 0 Å². The van der Waals surface area contributed by atoms with Crippen molar-refractivity contribution in [2.45, 2.75) is 0 Å². The third-order valence-electron chi connectivity index (χ3n) is 4.30. The molecule has 1 aliphatic rings. The topological polar surface area (TPSA) is 207 Å². The van der Waals surface area contributed by atoms with Crippen LogP contribution in [0, 0.1) is 78.3 Å². The summed E-state index contributed by atoms with van der Waals surface area (Å²) in [6.07, 6.45) is 3.41. The molecule has 0 saturated heterocycles. The fourth-order valence-electron chi connectivity index (χ4n) is 2.81. The summed E-state index contributed by atoms with van der Waals surface area (Å²) in [7, 11) is -14.4. The van der Waals surface area contributed by atoms with E-state index in [-0.39, 0.29) is 11.5 Å². The second-order valence-corrected chi connectivity index (χ2v) is 15.3. The second-order valence-electron chi connectivity index (χ2n) is 6.28. The van der Waals surface area contributed by atoms with Crippen molar-refractivity contribution in [3.63, 3.8) is 0 Å². The summed E-state index contributed by atoms with van der Waals surface area (Å²) in [5, 5.41) is 70.7. The summed E-state index contributed by atoms with van der Waals surface area (Å²) < 4.78 is 12.2. The number of nitrogens with zero attached hydrogens (tertiary/aromatic N) is 11. The molecule has 36 heavy (non-hydrogen) atoms. The third kappa shape index (κ3) is 4.58. The molecule has 1 aliphatic heterocycles. The van der Waals surface area contributed by atoms with Gasteiger partial charge in [-0.25, -0.2) is 0 Å². The molecule has 1 heterocycles. The summed E-state index contributed by atoms with van der Waals surface area (Å²) in [5.74, 6) is 9.15. The van der Waals surface area contributed by atoms with E-state index in [2.05, 4.69) is 4.52 Å². The van der Waals surface area contributed by atoms with Crippen LogP contribution < -0.4 is 9.36 Å². The monoisotopic (exact) mass is 549 g/mol. The van der Waals surface area contributed by atoms with E-state index in [1.807, 2.05) is 5.81 Å². The molecule has 174 valence electrons. The number of nitriles is 7.